The predicted octanol–water partition coefficient (Wildman–Crippen LogP) is 2.64. The largest absolute Gasteiger partial charge is 0.298 e. The van der Waals surface area contributed by atoms with Crippen LogP contribution in [-0.2, 0) is 6.54 Å². The molecule has 5 heteroatoms. The van der Waals surface area contributed by atoms with Crippen molar-refractivity contribution in [3.05, 3.63) is 39.4 Å². The van der Waals surface area contributed by atoms with Crippen molar-refractivity contribution in [3.8, 4) is 6.07 Å². The van der Waals surface area contributed by atoms with Gasteiger partial charge in [-0.1, -0.05) is 19.1 Å². The monoisotopic (exact) mass is 247 g/mol. The highest BCUT2D eigenvalue weighted by atomic mass is 16.6. The fraction of sp³-hybridized carbons (Fsp3) is 0.462. The van der Waals surface area contributed by atoms with Gasteiger partial charge in [0.2, 0.25) is 0 Å². The molecule has 5 nitrogen and oxygen atoms in total. The number of benzene rings is 1. The van der Waals surface area contributed by atoms with Gasteiger partial charge in [-0.15, -0.1) is 0 Å². The number of nitro benzene ring substituents is 1. The molecule has 1 aromatic rings. The van der Waals surface area contributed by atoms with E-state index < -0.39 is 0 Å². The molecular weight excluding hydrogens is 230 g/mol. The van der Waals surface area contributed by atoms with Crippen LogP contribution in [0.5, 0.6) is 0 Å². The Hall–Kier alpha value is -1.93. The summed E-state index contributed by atoms with van der Waals surface area (Å²) in [4.78, 5) is 12.6. The molecule has 1 rings (SSSR count). The number of nitro groups is 1. The highest BCUT2D eigenvalue weighted by Gasteiger charge is 2.14. The topological polar surface area (TPSA) is 70.2 Å². The van der Waals surface area contributed by atoms with Gasteiger partial charge in [-0.25, -0.2) is 0 Å². The van der Waals surface area contributed by atoms with Gasteiger partial charge in [0.25, 0.3) is 5.69 Å². The molecular formula is C13H17N3O2. The van der Waals surface area contributed by atoms with Crippen LogP contribution >= 0.6 is 0 Å². The van der Waals surface area contributed by atoms with Crippen molar-refractivity contribution >= 4 is 5.69 Å². The molecule has 0 unspecified atom stereocenters. The zero-order chi connectivity index (χ0) is 13.5. The van der Waals surface area contributed by atoms with Crippen molar-refractivity contribution in [3.63, 3.8) is 0 Å². The first-order chi connectivity index (χ1) is 8.60. The van der Waals surface area contributed by atoms with Crippen LogP contribution in [0.25, 0.3) is 0 Å². The third kappa shape index (κ3) is 3.54. The van der Waals surface area contributed by atoms with E-state index in [2.05, 4.69) is 11.0 Å². The second kappa shape index (κ2) is 6.72. The highest BCUT2D eigenvalue weighted by Crippen LogP contribution is 2.22. The molecule has 1 aromatic carbocycles. The van der Waals surface area contributed by atoms with Crippen LogP contribution in [0.15, 0.2) is 18.2 Å². The molecule has 0 radical (unpaired) electrons. The number of nitriles is 1. The third-order valence-corrected chi connectivity index (χ3v) is 3.00. The molecule has 0 aliphatic heterocycles. The molecule has 0 bridgehead atoms. The summed E-state index contributed by atoms with van der Waals surface area (Å²) in [5, 5.41) is 19.4. The highest BCUT2D eigenvalue weighted by molar-refractivity contribution is 5.44. The maximum atomic E-state index is 10.9. The van der Waals surface area contributed by atoms with Crippen molar-refractivity contribution < 1.29 is 4.92 Å². The lowest BCUT2D eigenvalue weighted by Gasteiger charge is -2.19. The minimum absolute atomic E-state index is 0.156. The van der Waals surface area contributed by atoms with Gasteiger partial charge in [0.05, 0.1) is 11.0 Å². The number of nitrogens with zero attached hydrogens (tertiary/aromatic N) is 3. The Labute approximate surface area is 107 Å². The summed E-state index contributed by atoms with van der Waals surface area (Å²) in [5.74, 6) is 0. The summed E-state index contributed by atoms with van der Waals surface area (Å²) in [7, 11) is 0. The van der Waals surface area contributed by atoms with Crippen molar-refractivity contribution in [2.75, 3.05) is 13.1 Å². The third-order valence-electron chi connectivity index (χ3n) is 3.00. The van der Waals surface area contributed by atoms with Crippen molar-refractivity contribution in [1.29, 1.82) is 5.26 Å². The van der Waals surface area contributed by atoms with Crippen molar-refractivity contribution in [1.82, 2.24) is 4.90 Å². The maximum absolute atomic E-state index is 10.9. The summed E-state index contributed by atoms with van der Waals surface area (Å²) in [6.07, 6.45) is 0.474. The molecule has 0 fully saturated rings. The summed E-state index contributed by atoms with van der Waals surface area (Å²) < 4.78 is 0. The number of hydrogen-bond acceptors (Lipinski definition) is 4. The van der Waals surface area contributed by atoms with E-state index in [9.17, 15) is 10.1 Å². The summed E-state index contributed by atoms with van der Waals surface area (Å²) >= 11 is 0. The molecule has 0 saturated heterocycles. The van der Waals surface area contributed by atoms with E-state index in [-0.39, 0.29) is 10.6 Å². The quantitative estimate of drug-likeness (QED) is 0.572. The molecule has 0 aliphatic rings. The first-order valence-electron chi connectivity index (χ1n) is 5.92. The van der Waals surface area contributed by atoms with Crippen LogP contribution < -0.4 is 0 Å². The Morgan fingerprint density at radius 1 is 1.50 bits per heavy atom. The molecule has 0 atom stereocenters. The van der Waals surface area contributed by atoms with Gasteiger partial charge in [-0.2, -0.15) is 5.26 Å². The number of rotatable bonds is 6. The Balaban J connectivity index is 2.87. The van der Waals surface area contributed by atoms with Crippen LogP contribution in [-0.4, -0.2) is 22.9 Å². The van der Waals surface area contributed by atoms with Crippen molar-refractivity contribution in [2.45, 2.75) is 26.8 Å². The zero-order valence-electron chi connectivity index (χ0n) is 10.7. The van der Waals surface area contributed by atoms with Crippen LogP contribution in [0.4, 0.5) is 5.69 Å². The van der Waals surface area contributed by atoms with Gasteiger partial charge in [-0.3, -0.25) is 15.0 Å². The van der Waals surface area contributed by atoms with E-state index >= 15 is 0 Å². The molecule has 0 saturated carbocycles. The molecule has 0 aliphatic carbocycles. The van der Waals surface area contributed by atoms with Gasteiger partial charge < -0.3 is 0 Å². The van der Waals surface area contributed by atoms with E-state index in [4.69, 9.17) is 5.26 Å². The molecule has 0 N–H and O–H groups in total. The fourth-order valence-electron chi connectivity index (χ4n) is 1.84. The smallest absolute Gasteiger partial charge is 0.272 e. The normalized spacial score (nSPS) is 10.3. The van der Waals surface area contributed by atoms with Crippen LogP contribution in [0, 0.1) is 28.4 Å². The molecule has 0 spiro atoms. The van der Waals surface area contributed by atoms with E-state index in [0.29, 0.717) is 25.1 Å². The second-order valence-corrected chi connectivity index (χ2v) is 4.10. The number of hydrogen-bond donors (Lipinski definition) is 0. The van der Waals surface area contributed by atoms with E-state index in [1.807, 2.05) is 13.0 Å². The van der Waals surface area contributed by atoms with Gasteiger partial charge in [0.15, 0.2) is 0 Å². The molecule has 0 aromatic heterocycles. The zero-order valence-corrected chi connectivity index (χ0v) is 10.7. The minimum Gasteiger partial charge on any atom is -0.298 e. The fourth-order valence-corrected chi connectivity index (χ4v) is 1.84. The molecule has 18 heavy (non-hydrogen) atoms. The molecule has 0 amide bonds. The van der Waals surface area contributed by atoms with E-state index in [0.717, 1.165) is 12.1 Å². The Morgan fingerprint density at radius 2 is 2.22 bits per heavy atom. The first-order valence-corrected chi connectivity index (χ1v) is 5.92. The average molecular weight is 247 g/mol. The summed E-state index contributed by atoms with van der Waals surface area (Å²) in [6, 6.07) is 7.24. The van der Waals surface area contributed by atoms with Crippen LogP contribution in [0.2, 0.25) is 0 Å². The van der Waals surface area contributed by atoms with Crippen molar-refractivity contribution in [2.24, 2.45) is 0 Å². The second-order valence-electron chi connectivity index (χ2n) is 4.10. The molecule has 96 valence electrons. The Kier molecular flexibility index (Phi) is 5.28. The Morgan fingerprint density at radius 3 is 2.78 bits per heavy atom. The van der Waals surface area contributed by atoms with Gasteiger partial charge in [-0.05, 0) is 19.0 Å². The van der Waals surface area contributed by atoms with Gasteiger partial charge >= 0.3 is 0 Å². The van der Waals surface area contributed by atoms with Crippen LogP contribution in [0.3, 0.4) is 0 Å². The lowest BCUT2D eigenvalue weighted by Crippen LogP contribution is -2.24. The van der Waals surface area contributed by atoms with Crippen LogP contribution in [0.1, 0.15) is 24.5 Å². The molecule has 0 heterocycles. The lowest BCUT2D eigenvalue weighted by atomic mass is 10.1. The van der Waals surface area contributed by atoms with Gasteiger partial charge in [0.1, 0.15) is 0 Å². The van der Waals surface area contributed by atoms with Gasteiger partial charge in [0, 0.05) is 31.1 Å². The predicted molar refractivity (Wildman–Crippen MR) is 69.0 cm³/mol. The standard InChI is InChI=1S/C13H17N3O2/c1-3-15(9-5-8-14)10-12-6-4-7-13(11(12)2)16(17)18/h4,6-7H,3,5,9-10H2,1-2H3. The summed E-state index contributed by atoms with van der Waals surface area (Å²) in [5.41, 5.74) is 1.81. The lowest BCUT2D eigenvalue weighted by molar-refractivity contribution is -0.385. The van der Waals surface area contributed by atoms with E-state index in [1.165, 1.54) is 6.07 Å². The average Bonchev–Trinajstić information content (AvgIpc) is 2.36. The maximum Gasteiger partial charge on any atom is 0.272 e. The first kappa shape index (κ1) is 14.1. The Bertz CT molecular complexity index is 466. The minimum atomic E-state index is -0.357. The SMILES string of the molecule is CCN(CCC#N)Cc1cccc([N+](=O)[O-])c1C. The van der Waals surface area contributed by atoms with E-state index in [1.54, 1.807) is 13.0 Å². The summed E-state index contributed by atoms with van der Waals surface area (Å²) in [6.45, 7) is 5.94.